The Labute approximate surface area is 146 Å². The number of carbonyl (C=O) groups is 3. The first-order valence-electron chi connectivity index (χ1n) is 7.51. The molecule has 2 amide bonds. The molecule has 0 atom stereocenters. The quantitative estimate of drug-likeness (QED) is 0.790. The van der Waals surface area contributed by atoms with Crippen LogP contribution in [0.4, 0.5) is 4.79 Å². The number of nitrogens with zero attached hydrogens (tertiary/aromatic N) is 2. The van der Waals surface area contributed by atoms with Crippen LogP contribution in [0.3, 0.4) is 0 Å². The molecule has 2 aromatic heterocycles. The van der Waals surface area contributed by atoms with Crippen molar-refractivity contribution in [3.63, 3.8) is 0 Å². The van der Waals surface area contributed by atoms with Gasteiger partial charge in [0, 0.05) is 0 Å². The fraction of sp³-hybridized carbons (Fsp3) is 0.400. The van der Waals surface area contributed by atoms with Crippen molar-refractivity contribution in [2.75, 3.05) is 13.2 Å². The largest absolute Gasteiger partial charge is 0.462 e. The minimum atomic E-state index is -0.883. The van der Waals surface area contributed by atoms with Crippen LogP contribution in [0.15, 0.2) is 11.1 Å². The van der Waals surface area contributed by atoms with E-state index in [4.69, 9.17) is 4.74 Å². The fourth-order valence-corrected chi connectivity index (χ4v) is 3.17. The number of aromatic nitrogens is 2. The predicted molar refractivity (Wildman–Crippen MR) is 89.7 cm³/mol. The first kappa shape index (κ1) is 18.6. The smallest absolute Gasteiger partial charge is 0.413 e. The molecular formula is C15H17N3O6S. The summed E-state index contributed by atoms with van der Waals surface area (Å²) in [5.74, 6) is -1.23. The molecule has 0 bridgehead atoms. The zero-order valence-corrected chi connectivity index (χ0v) is 14.8. The number of carbonyl (C=O) groups excluding carboxylic acids is 3. The molecule has 0 aromatic carbocycles. The van der Waals surface area contributed by atoms with Crippen molar-refractivity contribution in [3.05, 3.63) is 27.1 Å². The summed E-state index contributed by atoms with van der Waals surface area (Å²) in [5, 5.41) is 2.25. The summed E-state index contributed by atoms with van der Waals surface area (Å²) in [6, 6.07) is 0. The van der Waals surface area contributed by atoms with E-state index in [0.29, 0.717) is 15.3 Å². The van der Waals surface area contributed by atoms with Gasteiger partial charge in [-0.25, -0.2) is 14.6 Å². The molecule has 9 nitrogen and oxygen atoms in total. The molecule has 0 fully saturated rings. The number of imide groups is 1. The second-order valence-electron chi connectivity index (χ2n) is 4.90. The Morgan fingerprint density at radius 2 is 1.92 bits per heavy atom. The third-order valence-electron chi connectivity index (χ3n) is 3.21. The summed E-state index contributed by atoms with van der Waals surface area (Å²) in [6.07, 6.45) is 0.311. The number of ether oxygens (including phenoxy) is 2. The van der Waals surface area contributed by atoms with Gasteiger partial charge in [-0.15, -0.1) is 11.3 Å². The second-order valence-corrected chi connectivity index (χ2v) is 5.90. The number of nitrogens with one attached hydrogen (secondary N) is 1. The molecule has 25 heavy (non-hydrogen) atoms. The number of hydrogen-bond acceptors (Lipinski definition) is 8. The lowest BCUT2D eigenvalue weighted by atomic mass is 10.2. The van der Waals surface area contributed by atoms with E-state index in [9.17, 15) is 19.2 Å². The summed E-state index contributed by atoms with van der Waals surface area (Å²) in [7, 11) is 0. The number of esters is 1. The van der Waals surface area contributed by atoms with Gasteiger partial charge in [0.25, 0.3) is 5.56 Å². The highest BCUT2D eigenvalue weighted by molar-refractivity contribution is 7.20. The van der Waals surface area contributed by atoms with E-state index in [-0.39, 0.29) is 18.6 Å². The Morgan fingerprint density at radius 3 is 2.56 bits per heavy atom. The van der Waals surface area contributed by atoms with Crippen LogP contribution >= 0.6 is 11.3 Å². The Bertz CT molecular complexity index is 885. The number of alkyl carbamates (subject to hydrolysis) is 1. The number of rotatable bonds is 5. The number of fused-ring (bicyclic) bond motifs is 1. The van der Waals surface area contributed by atoms with E-state index in [1.807, 2.05) is 5.32 Å². The zero-order valence-electron chi connectivity index (χ0n) is 14.0. The first-order valence-corrected chi connectivity index (χ1v) is 8.32. The van der Waals surface area contributed by atoms with Gasteiger partial charge < -0.3 is 9.47 Å². The normalized spacial score (nSPS) is 10.5. The van der Waals surface area contributed by atoms with Gasteiger partial charge in [0.2, 0.25) is 5.91 Å². The summed E-state index contributed by atoms with van der Waals surface area (Å²) in [6.45, 7) is 4.86. The monoisotopic (exact) mass is 367 g/mol. The molecule has 0 aliphatic carbocycles. The van der Waals surface area contributed by atoms with Crippen LogP contribution in [0, 0.1) is 6.92 Å². The molecule has 0 saturated heterocycles. The van der Waals surface area contributed by atoms with Crippen molar-refractivity contribution >= 4 is 39.5 Å². The molecule has 2 rings (SSSR count). The van der Waals surface area contributed by atoms with Crippen LogP contribution in [-0.4, -0.2) is 40.7 Å². The van der Waals surface area contributed by atoms with Gasteiger partial charge in [-0.1, -0.05) is 0 Å². The maximum atomic E-state index is 12.6. The van der Waals surface area contributed by atoms with E-state index in [0.717, 1.165) is 15.9 Å². The molecule has 1 N–H and O–H groups in total. The Kier molecular flexibility index (Phi) is 5.86. The first-order chi connectivity index (χ1) is 11.9. The van der Waals surface area contributed by atoms with Gasteiger partial charge in [-0.3, -0.25) is 19.5 Å². The van der Waals surface area contributed by atoms with Crippen LogP contribution < -0.4 is 10.9 Å². The lowest BCUT2D eigenvalue weighted by Crippen LogP contribution is -2.36. The number of thiophene rings is 1. The minimum Gasteiger partial charge on any atom is -0.462 e. The molecule has 0 unspecified atom stereocenters. The summed E-state index contributed by atoms with van der Waals surface area (Å²) in [4.78, 5) is 52.3. The SMILES string of the molecule is CCOC(=O)NC(=O)Cn1cnc2sc(C(=O)OCC)c(C)c2c1=O. The predicted octanol–water partition coefficient (Wildman–Crippen LogP) is 1.22. The van der Waals surface area contributed by atoms with Crippen molar-refractivity contribution in [3.8, 4) is 0 Å². The lowest BCUT2D eigenvalue weighted by Gasteiger charge is -2.06. The van der Waals surface area contributed by atoms with Crippen molar-refractivity contribution in [1.29, 1.82) is 0 Å². The topological polar surface area (TPSA) is 117 Å². The molecule has 0 aliphatic rings. The third kappa shape index (κ3) is 4.02. The molecule has 2 heterocycles. The van der Waals surface area contributed by atoms with Crippen molar-refractivity contribution in [1.82, 2.24) is 14.9 Å². The maximum Gasteiger partial charge on any atom is 0.413 e. The van der Waals surface area contributed by atoms with E-state index < -0.39 is 30.1 Å². The van der Waals surface area contributed by atoms with E-state index in [1.54, 1.807) is 20.8 Å². The summed E-state index contributed by atoms with van der Waals surface area (Å²) in [5.41, 5.74) is -0.0237. The van der Waals surface area contributed by atoms with Gasteiger partial charge in [0.05, 0.1) is 24.9 Å². The van der Waals surface area contributed by atoms with Crippen LogP contribution in [0.1, 0.15) is 29.1 Å². The fourth-order valence-electron chi connectivity index (χ4n) is 2.14. The zero-order chi connectivity index (χ0) is 18.6. The number of aryl methyl sites for hydroxylation is 1. The summed E-state index contributed by atoms with van der Waals surface area (Å²) >= 11 is 1.06. The molecule has 10 heteroatoms. The van der Waals surface area contributed by atoms with Crippen LogP contribution in [0.2, 0.25) is 0 Å². The molecule has 0 saturated carbocycles. The van der Waals surface area contributed by atoms with Crippen LogP contribution in [0.25, 0.3) is 10.2 Å². The van der Waals surface area contributed by atoms with Gasteiger partial charge >= 0.3 is 12.1 Å². The lowest BCUT2D eigenvalue weighted by molar-refractivity contribution is -0.121. The molecule has 0 radical (unpaired) electrons. The average Bonchev–Trinajstić information content (AvgIpc) is 2.88. The van der Waals surface area contributed by atoms with Crippen molar-refractivity contribution in [2.24, 2.45) is 0 Å². The van der Waals surface area contributed by atoms with Crippen molar-refractivity contribution < 1.29 is 23.9 Å². The minimum absolute atomic E-state index is 0.122. The Balaban J connectivity index is 2.32. The standard InChI is InChI=1S/C15H17N3O6S/c1-4-23-14(21)11-8(3)10-12(25-11)16-7-18(13(10)20)6-9(19)17-15(22)24-5-2/h7H,4-6H2,1-3H3,(H,17,19,22). The second kappa shape index (κ2) is 7.88. The van der Waals surface area contributed by atoms with Crippen LogP contribution in [0.5, 0.6) is 0 Å². The molecule has 0 spiro atoms. The van der Waals surface area contributed by atoms with Crippen molar-refractivity contribution in [2.45, 2.75) is 27.3 Å². The van der Waals surface area contributed by atoms with E-state index in [2.05, 4.69) is 9.72 Å². The number of hydrogen-bond donors (Lipinski definition) is 1. The molecular weight excluding hydrogens is 350 g/mol. The maximum absolute atomic E-state index is 12.6. The number of amides is 2. The molecule has 0 aliphatic heterocycles. The Hall–Kier alpha value is -2.75. The van der Waals surface area contributed by atoms with E-state index in [1.165, 1.54) is 6.33 Å². The highest BCUT2D eigenvalue weighted by Crippen LogP contribution is 2.27. The average molecular weight is 367 g/mol. The Morgan fingerprint density at radius 1 is 1.24 bits per heavy atom. The van der Waals surface area contributed by atoms with Gasteiger partial charge in [0.1, 0.15) is 16.3 Å². The highest BCUT2D eigenvalue weighted by Gasteiger charge is 2.21. The highest BCUT2D eigenvalue weighted by atomic mass is 32.1. The van der Waals surface area contributed by atoms with Gasteiger partial charge in [0.15, 0.2) is 0 Å². The summed E-state index contributed by atoms with van der Waals surface area (Å²) < 4.78 is 10.6. The third-order valence-corrected chi connectivity index (χ3v) is 4.39. The van der Waals surface area contributed by atoms with Gasteiger partial charge in [-0.2, -0.15) is 0 Å². The molecule has 134 valence electrons. The van der Waals surface area contributed by atoms with Crippen LogP contribution in [-0.2, 0) is 20.8 Å². The van der Waals surface area contributed by atoms with Gasteiger partial charge in [-0.05, 0) is 26.3 Å². The molecule has 2 aromatic rings. The van der Waals surface area contributed by atoms with E-state index >= 15 is 0 Å².